The second kappa shape index (κ2) is 9.26. The molecule has 0 spiro atoms. The number of carbonyl (C=O) groups is 1. The molecule has 3 rings (SSSR count). The van der Waals surface area contributed by atoms with Crippen LogP contribution >= 0.6 is 0 Å². The maximum absolute atomic E-state index is 13.6. The zero-order chi connectivity index (χ0) is 20.5. The van der Waals surface area contributed by atoms with E-state index in [1.165, 1.54) is 12.1 Å². The molecule has 1 heterocycles. The molecule has 0 saturated carbocycles. The van der Waals surface area contributed by atoms with Crippen LogP contribution in [0.15, 0.2) is 54.6 Å². The van der Waals surface area contributed by atoms with E-state index >= 15 is 0 Å². The van der Waals surface area contributed by atoms with Gasteiger partial charge in [-0.2, -0.15) is 0 Å². The van der Waals surface area contributed by atoms with Gasteiger partial charge in [-0.25, -0.2) is 4.79 Å². The van der Waals surface area contributed by atoms with Gasteiger partial charge < -0.3 is 22.4 Å². The summed E-state index contributed by atoms with van der Waals surface area (Å²) in [5, 5.41) is 0.255. The number of halogens is 3. The fourth-order valence-electron chi connectivity index (χ4n) is 2.80. The van der Waals surface area contributed by atoms with Gasteiger partial charge in [-0.1, -0.05) is 36.4 Å². The van der Waals surface area contributed by atoms with Crippen molar-refractivity contribution in [2.45, 2.75) is 33.0 Å². The molecule has 0 aliphatic heterocycles. The Morgan fingerprint density at radius 3 is 2.28 bits per heavy atom. The number of hydrogen-bond donors (Lipinski definition) is 0. The van der Waals surface area contributed by atoms with Crippen LogP contribution in [0.4, 0.5) is 17.7 Å². The Morgan fingerprint density at radius 1 is 1.03 bits per heavy atom. The molecule has 0 bridgehead atoms. The van der Waals surface area contributed by atoms with E-state index in [-0.39, 0.29) is 68.9 Å². The molecule has 0 unspecified atom stereocenters. The van der Waals surface area contributed by atoms with E-state index in [4.69, 9.17) is 9.47 Å². The predicted molar refractivity (Wildman–Crippen MR) is 103 cm³/mol. The Hall–Kier alpha value is -1.26. The van der Waals surface area contributed by atoms with Gasteiger partial charge in [0.1, 0.15) is 18.0 Å². The first kappa shape index (κ1) is 24.0. The molecule has 0 aliphatic rings. The molecule has 0 N–H and O–H groups in total. The number of benzene rings is 2. The maximum atomic E-state index is 13.6. The van der Waals surface area contributed by atoms with Gasteiger partial charge in [-0.3, -0.25) is 4.57 Å². The van der Waals surface area contributed by atoms with Gasteiger partial charge in [-0.15, -0.1) is 0 Å². The van der Waals surface area contributed by atoms with E-state index in [2.05, 4.69) is 0 Å². The van der Waals surface area contributed by atoms with E-state index in [1.807, 2.05) is 30.3 Å². The first-order chi connectivity index (χ1) is 13.0. The van der Waals surface area contributed by atoms with Crippen LogP contribution in [0.3, 0.4) is 0 Å². The van der Waals surface area contributed by atoms with Gasteiger partial charge in [0.2, 0.25) is 0 Å². The fraction of sp³-hybridized carbons (Fsp3) is 0.250. The van der Waals surface area contributed by atoms with Crippen LogP contribution in [0.2, 0.25) is 0 Å². The van der Waals surface area contributed by atoms with E-state index in [9.17, 15) is 17.7 Å². The molecule has 1 aromatic heterocycles. The van der Waals surface area contributed by atoms with Crippen molar-refractivity contribution in [2.75, 3.05) is 0 Å². The smallest absolute Gasteiger partial charge is 0.489 e. The zero-order valence-corrected chi connectivity index (χ0v) is 19.9. The summed E-state index contributed by atoms with van der Waals surface area (Å²) in [5.74, 6) is 0.416. The summed E-state index contributed by atoms with van der Waals surface area (Å²) in [6, 6.07) is 14.8. The third-order valence-corrected chi connectivity index (χ3v) is 3.96. The van der Waals surface area contributed by atoms with Crippen molar-refractivity contribution >= 4 is 29.6 Å². The van der Waals surface area contributed by atoms with Crippen molar-refractivity contribution < 1.29 is 78.6 Å². The summed E-state index contributed by atoms with van der Waals surface area (Å²) in [5.41, 5.74) is -0.879. The van der Waals surface area contributed by atoms with Crippen LogP contribution in [0.25, 0.3) is 10.9 Å². The number of nitrogens with zero attached hydrogens (tertiary/aromatic N) is 1. The molecular weight excluding hydrogens is 409 g/mol. The van der Waals surface area contributed by atoms with E-state index in [1.54, 1.807) is 26.8 Å². The summed E-state index contributed by atoms with van der Waals surface area (Å²) in [6.45, 7) is -0.317. The van der Waals surface area contributed by atoms with Gasteiger partial charge in [0.05, 0.1) is 5.52 Å². The second-order valence-corrected chi connectivity index (χ2v) is 7.45. The summed E-state index contributed by atoms with van der Waals surface area (Å²) >= 11 is 0. The van der Waals surface area contributed by atoms with E-state index in [0.717, 1.165) is 11.6 Å². The van der Waals surface area contributed by atoms with Crippen LogP contribution in [-0.4, -0.2) is 23.2 Å². The minimum Gasteiger partial charge on any atom is -0.489 e. The number of rotatable bonds is 4. The van der Waals surface area contributed by atoms with Crippen LogP contribution in [-0.2, 0) is 11.3 Å². The number of aromatic nitrogens is 1. The zero-order valence-electron chi connectivity index (χ0n) is 16.8. The van der Waals surface area contributed by atoms with Crippen molar-refractivity contribution in [1.82, 2.24) is 4.57 Å². The fourth-order valence-corrected chi connectivity index (χ4v) is 2.80. The first-order valence-electron chi connectivity index (χ1n) is 8.80. The summed E-state index contributed by atoms with van der Waals surface area (Å²) in [6.07, 6.45) is -1.06. The molecule has 148 valence electrons. The third-order valence-electron chi connectivity index (χ3n) is 3.96. The molecule has 0 atom stereocenters. The number of fused-ring (bicyclic) bond motifs is 1. The van der Waals surface area contributed by atoms with Crippen LogP contribution in [0.5, 0.6) is 5.75 Å². The SMILES string of the molecule is CC(C)(C)OC(=O)n1c([B-](F)(F)F)cc2cc(OCc3ccccc3)ccc21.[K+]. The average Bonchev–Trinajstić information content (AvgIpc) is 2.98. The van der Waals surface area contributed by atoms with Crippen LogP contribution < -0.4 is 61.7 Å². The minimum absolute atomic E-state index is 0. The van der Waals surface area contributed by atoms with Crippen molar-refractivity contribution in [1.29, 1.82) is 0 Å². The van der Waals surface area contributed by atoms with Gasteiger partial charge in [-0.05, 0) is 50.1 Å². The van der Waals surface area contributed by atoms with Crippen molar-refractivity contribution in [2.24, 2.45) is 0 Å². The molecule has 4 nitrogen and oxygen atoms in total. The maximum Gasteiger partial charge on any atom is 1.00 e. The molecule has 0 fully saturated rings. The van der Waals surface area contributed by atoms with Gasteiger partial charge in [0, 0.05) is 5.39 Å². The molecule has 3 aromatic rings. The summed E-state index contributed by atoms with van der Waals surface area (Å²) in [4.78, 5) is 12.4. The third kappa shape index (κ3) is 6.11. The monoisotopic (exact) mass is 429 g/mol. The Balaban J connectivity index is 0.00000300. The summed E-state index contributed by atoms with van der Waals surface area (Å²) < 4.78 is 52.1. The quantitative estimate of drug-likeness (QED) is 0.597. The molecule has 9 heteroatoms. The van der Waals surface area contributed by atoms with Gasteiger partial charge in [0.25, 0.3) is 0 Å². The Bertz CT molecular complexity index is 998. The first-order valence-corrected chi connectivity index (χ1v) is 8.80. The molecule has 0 saturated heterocycles. The average molecular weight is 429 g/mol. The number of hydrogen-bond acceptors (Lipinski definition) is 3. The summed E-state index contributed by atoms with van der Waals surface area (Å²) in [7, 11) is 0. The Labute approximate surface area is 209 Å². The second-order valence-electron chi connectivity index (χ2n) is 7.45. The molecule has 0 radical (unpaired) electrons. The van der Waals surface area contributed by atoms with Crippen molar-refractivity contribution in [3.63, 3.8) is 0 Å². The standard InChI is InChI=1S/C20H20BF3NO3.K/c1-20(2,3)28-19(26)25-17-10-9-16(27-13-14-7-5-4-6-8-14)11-15(17)12-18(25)21(22,23)24;/h4-12H,13H2,1-3H3;/q-1;+1. The van der Waals surface area contributed by atoms with E-state index < -0.39 is 24.3 Å². The van der Waals surface area contributed by atoms with Gasteiger partial charge in [0.15, 0.2) is 0 Å². The Morgan fingerprint density at radius 2 is 1.69 bits per heavy atom. The molecule has 29 heavy (non-hydrogen) atoms. The topological polar surface area (TPSA) is 40.5 Å². The van der Waals surface area contributed by atoms with Crippen molar-refractivity contribution in [3.05, 3.63) is 60.2 Å². The number of carbonyl (C=O) groups excluding carboxylic acids is 1. The minimum atomic E-state index is -5.41. The van der Waals surface area contributed by atoms with Gasteiger partial charge >= 0.3 is 64.5 Å². The normalized spacial score (nSPS) is 11.8. The largest absolute Gasteiger partial charge is 1.00 e. The number of ether oxygens (including phenoxy) is 2. The van der Waals surface area contributed by atoms with E-state index in [0.29, 0.717) is 10.3 Å². The van der Waals surface area contributed by atoms with Crippen LogP contribution in [0, 0.1) is 0 Å². The molecule has 2 aromatic carbocycles. The van der Waals surface area contributed by atoms with Crippen molar-refractivity contribution in [3.8, 4) is 5.75 Å². The molecular formula is C20H20BF3KNO3. The Kier molecular flexibility index (Phi) is 7.67. The predicted octanol–water partition coefficient (Wildman–Crippen LogP) is 2.06. The molecule has 0 aliphatic carbocycles. The molecule has 0 amide bonds. The van der Waals surface area contributed by atoms with Crippen LogP contribution in [0.1, 0.15) is 26.3 Å².